The molecule has 1 aromatic rings. The summed E-state index contributed by atoms with van der Waals surface area (Å²) >= 11 is 0. The predicted molar refractivity (Wildman–Crippen MR) is 93.4 cm³/mol. The van der Waals surface area contributed by atoms with Gasteiger partial charge in [-0.3, -0.25) is 4.79 Å². The van der Waals surface area contributed by atoms with Crippen LogP contribution in [0.25, 0.3) is 0 Å². The van der Waals surface area contributed by atoms with Gasteiger partial charge in [-0.1, -0.05) is 26.0 Å². The number of carbonyl (C=O) groups excluding carboxylic acids is 1. The highest BCUT2D eigenvalue weighted by atomic mass is 16.5. The largest absolute Gasteiger partial charge is 0.493 e. The van der Waals surface area contributed by atoms with E-state index in [9.17, 15) is 9.90 Å². The van der Waals surface area contributed by atoms with Gasteiger partial charge in [-0.05, 0) is 31.4 Å². The van der Waals surface area contributed by atoms with Crippen molar-refractivity contribution < 1.29 is 19.4 Å². The van der Waals surface area contributed by atoms with Crippen molar-refractivity contribution in [3.63, 3.8) is 0 Å². The summed E-state index contributed by atoms with van der Waals surface area (Å²) in [6, 6.07) is 7.38. The summed E-state index contributed by atoms with van der Waals surface area (Å²) in [6.07, 6.45) is 2.07. The summed E-state index contributed by atoms with van der Waals surface area (Å²) in [5, 5.41) is 10.8. The molecule has 0 bridgehead atoms. The van der Waals surface area contributed by atoms with Crippen LogP contribution in [0.2, 0.25) is 0 Å². The van der Waals surface area contributed by atoms with Crippen LogP contribution in [0.1, 0.15) is 43.5 Å². The molecule has 1 fully saturated rings. The Balaban J connectivity index is 2.07. The quantitative estimate of drug-likeness (QED) is 0.832. The summed E-state index contributed by atoms with van der Waals surface area (Å²) in [5.41, 5.74) is -0.161. The lowest BCUT2D eigenvalue weighted by atomic mass is 9.79. The number of likely N-dealkylation sites (tertiary alicyclic amines) is 1. The molecule has 0 saturated carbocycles. The normalized spacial score (nSPS) is 24.0. The molecule has 1 heterocycles. The number of nitrogens with zero attached hydrogens (tertiary/aromatic N) is 1. The Labute approximate surface area is 144 Å². The smallest absolute Gasteiger partial charge is 0.257 e. The van der Waals surface area contributed by atoms with E-state index in [1.165, 1.54) is 0 Å². The zero-order valence-corrected chi connectivity index (χ0v) is 15.0. The molecule has 0 aromatic heterocycles. The summed E-state index contributed by atoms with van der Waals surface area (Å²) in [4.78, 5) is 14.7. The maximum atomic E-state index is 12.9. The van der Waals surface area contributed by atoms with Gasteiger partial charge in [0, 0.05) is 32.7 Å². The molecule has 2 rings (SSSR count). The molecule has 0 unspecified atom stereocenters. The van der Waals surface area contributed by atoms with E-state index in [-0.39, 0.29) is 11.8 Å². The molecule has 0 aliphatic carbocycles. The van der Waals surface area contributed by atoms with Crippen molar-refractivity contribution in [2.75, 3.05) is 33.4 Å². The summed E-state index contributed by atoms with van der Waals surface area (Å²) < 4.78 is 10.8. The molecule has 1 amide bonds. The third-order valence-electron chi connectivity index (χ3n) is 4.83. The Bertz CT molecular complexity index is 548. The van der Waals surface area contributed by atoms with Crippen molar-refractivity contribution >= 4 is 5.91 Å². The SMILES string of the molecule is CCCOc1ccccc1C(=O)N1CC[C@@](O)(CCOC)[C@H](C)C1. The van der Waals surface area contributed by atoms with Crippen LogP contribution in [0.5, 0.6) is 5.75 Å². The number of hydrogen-bond acceptors (Lipinski definition) is 4. The first-order valence-corrected chi connectivity index (χ1v) is 8.74. The molecule has 1 N–H and O–H groups in total. The number of para-hydroxylation sites is 1. The van der Waals surface area contributed by atoms with Crippen molar-refractivity contribution in [1.82, 2.24) is 4.90 Å². The van der Waals surface area contributed by atoms with Gasteiger partial charge in [0.1, 0.15) is 5.75 Å². The van der Waals surface area contributed by atoms with Gasteiger partial charge >= 0.3 is 0 Å². The van der Waals surface area contributed by atoms with E-state index in [1.807, 2.05) is 43.0 Å². The van der Waals surface area contributed by atoms with Crippen LogP contribution in [-0.4, -0.2) is 54.9 Å². The molecule has 2 atom stereocenters. The van der Waals surface area contributed by atoms with Gasteiger partial charge in [-0.2, -0.15) is 0 Å². The zero-order chi connectivity index (χ0) is 17.6. The predicted octanol–water partition coefficient (Wildman–Crippen LogP) is 2.73. The van der Waals surface area contributed by atoms with E-state index in [0.29, 0.717) is 50.5 Å². The second-order valence-corrected chi connectivity index (χ2v) is 6.59. The molecule has 5 heteroatoms. The molecule has 1 aliphatic rings. The Kier molecular flexibility index (Phi) is 6.63. The van der Waals surface area contributed by atoms with E-state index < -0.39 is 5.60 Å². The number of piperidine rings is 1. The number of benzene rings is 1. The van der Waals surface area contributed by atoms with Crippen molar-refractivity contribution in [3.05, 3.63) is 29.8 Å². The topological polar surface area (TPSA) is 59.0 Å². The minimum absolute atomic E-state index is 0.00840. The highest BCUT2D eigenvalue weighted by Crippen LogP contribution is 2.32. The first-order chi connectivity index (χ1) is 11.5. The number of amides is 1. The van der Waals surface area contributed by atoms with Crippen LogP contribution >= 0.6 is 0 Å². The molecule has 1 aromatic carbocycles. The summed E-state index contributed by atoms with van der Waals surface area (Å²) in [6.45, 7) is 6.25. The maximum Gasteiger partial charge on any atom is 0.257 e. The van der Waals surface area contributed by atoms with Crippen LogP contribution in [0, 0.1) is 5.92 Å². The molecule has 134 valence electrons. The summed E-state index contributed by atoms with van der Waals surface area (Å²) in [7, 11) is 1.64. The Morgan fingerprint density at radius 1 is 1.38 bits per heavy atom. The van der Waals surface area contributed by atoms with Gasteiger partial charge < -0.3 is 19.5 Å². The minimum Gasteiger partial charge on any atom is -0.493 e. The monoisotopic (exact) mass is 335 g/mol. The molecular weight excluding hydrogens is 306 g/mol. The average Bonchev–Trinajstić information content (AvgIpc) is 2.60. The van der Waals surface area contributed by atoms with Gasteiger partial charge in [0.15, 0.2) is 0 Å². The van der Waals surface area contributed by atoms with Crippen molar-refractivity contribution in [1.29, 1.82) is 0 Å². The molecule has 1 aliphatic heterocycles. The van der Waals surface area contributed by atoms with E-state index in [2.05, 4.69) is 0 Å². The number of hydrogen-bond donors (Lipinski definition) is 1. The first-order valence-electron chi connectivity index (χ1n) is 8.74. The van der Waals surface area contributed by atoms with Gasteiger partial charge in [0.25, 0.3) is 5.91 Å². The van der Waals surface area contributed by atoms with E-state index in [4.69, 9.17) is 9.47 Å². The number of ether oxygens (including phenoxy) is 2. The van der Waals surface area contributed by atoms with Crippen LogP contribution < -0.4 is 4.74 Å². The zero-order valence-electron chi connectivity index (χ0n) is 15.0. The summed E-state index contributed by atoms with van der Waals surface area (Å²) in [5.74, 6) is 0.619. The molecule has 0 radical (unpaired) electrons. The highest BCUT2D eigenvalue weighted by Gasteiger charge is 2.40. The van der Waals surface area contributed by atoms with Crippen LogP contribution in [0.3, 0.4) is 0 Å². The van der Waals surface area contributed by atoms with Crippen LogP contribution in [-0.2, 0) is 4.74 Å². The molecule has 24 heavy (non-hydrogen) atoms. The van der Waals surface area contributed by atoms with Crippen molar-refractivity contribution in [2.24, 2.45) is 5.92 Å². The highest BCUT2D eigenvalue weighted by molar-refractivity contribution is 5.97. The van der Waals surface area contributed by atoms with Gasteiger partial charge in [-0.25, -0.2) is 0 Å². The van der Waals surface area contributed by atoms with E-state index in [1.54, 1.807) is 7.11 Å². The van der Waals surface area contributed by atoms with E-state index >= 15 is 0 Å². The Morgan fingerprint density at radius 2 is 2.12 bits per heavy atom. The van der Waals surface area contributed by atoms with Gasteiger partial charge in [0.2, 0.25) is 0 Å². The van der Waals surface area contributed by atoms with Crippen LogP contribution in [0.15, 0.2) is 24.3 Å². The second-order valence-electron chi connectivity index (χ2n) is 6.59. The Hall–Kier alpha value is -1.59. The van der Waals surface area contributed by atoms with Crippen molar-refractivity contribution in [2.45, 2.75) is 38.7 Å². The van der Waals surface area contributed by atoms with Gasteiger partial charge in [-0.15, -0.1) is 0 Å². The fourth-order valence-electron chi connectivity index (χ4n) is 3.15. The van der Waals surface area contributed by atoms with E-state index in [0.717, 1.165) is 6.42 Å². The Morgan fingerprint density at radius 3 is 2.79 bits per heavy atom. The fourth-order valence-corrected chi connectivity index (χ4v) is 3.15. The van der Waals surface area contributed by atoms with Gasteiger partial charge in [0.05, 0.1) is 17.8 Å². The number of carbonyl (C=O) groups is 1. The fraction of sp³-hybridized carbons (Fsp3) is 0.632. The standard InChI is InChI=1S/C19H29NO4/c1-4-12-24-17-8-6-5-7-16(17)18(21)20-11-9-19(22,10-13-23-3)15(2)14-20/h5-8,15,22H,4,9-14H2,1-3H3/t15-,19-/m1/s1. The minimum atomic E-state index is -0.759. The first kappa shape index (κ1) is 18.7. The molecule has 1 saturated heterocycles. The maximum absolute atomic E-state index is 12.9. The molecular formula is C19H29NO4. The lowest BCUT2D eigenvalue weighted by molar-refractivity contribution is -0.0750. The third-order valence-corrected chi connectivity index (χ3v) is 4.83. The lowest BCUT2D eigenvalue weighted by Crippen LogP contribution is -2.52. The van der Waals surface area contributed by atoms with Crippen molar-refractivity contribution in [3.8, 4) is 5.75 Å². The molecule has 0 spiro atoms. The third kappa shape index (κ3) is 4.28. The van der Waals surface area contributed by atoms with Crippen LogP contribution in [0.4, 0.5) is 0 Å². The lowest BCUT2D eigenvalue weighted by Gasteiger charge is -2.43. The number of methoxy groups -OCH3 is 1. The number of rotatable bonds is 7. The molecule has 5 nitrogen and oxygen atoms in total. The number of aliphatic hydroxyl groups is 1. The average molecular weight is 335 g/mol. The second kappa shape index (κ2) is 8.49.